The molecule has 1 N–H and O–H groups in total. The third kappa shape index (κ3) is 4.91. The first-order valence-corrected chi connectivity index (χ1v) is 12.8. The number of carbonyl (C=O) groups is 1. The fourth-order valence-electron chi connectivity index (χ4n) is 3.49. The second-order valence-electron chi connectivity index (χ2n) is 7.40. The van der Waals surface area contributed by atoms with E-state index in [0.29, 0.717) is 37.6 Å². The van der Waals surface area contributed by atoms with Crippen LogP contribution in [0.25, 0.3) is 10.6 Å². The first kappa shape index (κ1) is 22.6. The molecule has 32 heavy (non-hydrogen) atoms. The average molecular weight is 472 g/mol. The van der Waals surface area contributed by atoms with E-state index in [9.17, 15) is 13.2 Å². The summed E-state index contributed by atoms with van der Waals surface area (Å²) in [6, 6.07) is 14.9. The van der Waals surface area contributed by atoms with Crippen LogP contribution in [0, 0.1) is 0 Å². The predicted molar refractivity (Wildman–Crippen MR) is 124 cm³/mol. The monoisotopic (exact) mass is 471 g/mol. The Bertz CT molecular complexity index is 1180. The lowest BCUT2D eigenvalue weighted by atomic mass is 10.1. The molecule has 1 amide bonds. The van der Waals surface area contributed by atoms with Crippen molar-refractivity contribution in [2.75, 3.05) is 26.3 Å². The first-order chi connectivity index (χ1) is 15.5. The van der Waals surface area contributed by atoms with Gasteiger partial charge in [-0.1, -0.05) is 49.4 Å². The highest BCUT2D eigenvalue weighted by Gasteiger charge is 2.28. The van der Waals surface area contributed by atoms with E-state index in [1.54, 1.807) is 29.6 Å². The van der Waals surface area contributed by atoms with Gasteiger partial charge in [-0.3, -0.25) is 4.79 Å². The second kappa shape index (κ2) is 9.91. The molecule has 1 aromatic heterocycles. The van der Waals surface area contributed by atoms with Gasteiger partial charge in [-0.25, -0.2) is 13.4 Å². The summed E-state index contributed by atoms with van der Waals surface area (Å²) in [7, 11) is -3.65. The van der Waals surface area contributed by atoms with Crippen LogP contribution in [0.15, 0.2) is 58.8 Å². The van der Waals surface area contributed by atoms with E-state index in [0.717, 1.165) is 17.0 Å². The van der Waals surface area contributed by atoms with Crippen molar-refractivity contribution < 1.29 is 17.9 Å². The normalized spacial score (nSPS) is 14.9. The molecule has 0 atom stereocenters. The number of carbonyl (C=O) groups excluding carboxylic acids is 1. The summed E-state index contributed by atoms with van der Waals surface area (Å²) in [6.07, 6.45) is 0.967. The Hall–Kier alpha value is -2.59. The maximum atomic E-state index is 13.1. The van der Waals surface area contributed by atoms with Crippen molar-refractivity contribution in [2.24, 2.45) is 0 Å². The number of benzene rings is 2. The molecule has 0 spiro atoms. The molecule has 7 nitrogen and oxygen atoms in total. The van der Waals surface area contributed by atoms with Crippen molar-refractivity contribution in [2.45, 2.75) is 24.8 Å². The van der Waals surface area contributed by atoms with E-state index in [1.807, 2.05) is 12.1 Å². The van der Waals surface area contributed by atoms with Crippen LogP contribution in [-0.2, 0) is 27.7 Å². The molecule has 9 heteroatoms. The molecule has 3 aromatic rings. The van der Waals surface area contributed by atoms with Crippen LogP contribution >= 0.6 is 11.3 Å². The van der Waals surface area contributed by atoms with Gasteiger partial charge in [0.2, 0.25) is 10.0 Å². The van der Waals surface area contributed by atoms with Crippen LogP contribution in [-0.4, -0.2) is 49.9 Å². The quantitative estimate of drug-likeness (QED) is 0.571. The average Bonchev–Trinajstić information content (AvgIpc) is 3.34. The topological polar surface area (TPSA) is 88.6 Å². The summed E-state index contributed by atoms with van der Waals surface area (Å²) < 4.78 is 32.8. The Morgan fingerprint density at radius 2 is 1.84 bits per heavy atom. The molecule has 1 aliphatic heterocycles. The molecule has 2 aromatic carbocycles. The molecule has 168 valence electrons. The van der Waals surface area contributed by atoms with Crippen molar-refractivity contribution >= 4 is 27.3 Å². The Kier molecular flexibility index (Phi) is 7.00. The summed E-state index contributed by atoms with van der Waals surface area (Å²) in [5, 5.41) is 5.30. The minimum Gasteiger partial charge on any atom is -0.379 e. The third-order valence-electron chi connectivity index (χ3n) is 5.35. The fourth-order valence-corrected chi connectivity index (χ4v) is 5.92. The third-order valence-corrected chi connectivity index (χ3v) is 8.24. The van der Waals surface area contributed by atoms with E-state index in [-0.39, 0.29) is 17.3 Å². The summed E-state index contributed by atoms with van der Waals surface area (Å²) in [6.45, 7) is 3.60. The van der Waals surface area contributed by atoms with Crippen molar-refractivity contribution in [1.29, 1.82) is 0 Å². The zero-order chi connectivity index (χ0) is 22.6. The van der Waals surface area contributed by atoms with Gasteiger partial charge in [0.1, 0.15) is 10.7 Å². The lowest BCUT2D eigenvalue weighted by Crippen LogP contribution is -2.41. The maximum absolute atomic E-state index is 13.1. The van der Waals surface area contributed by atoms with Gasteiger partial charge in [0.05, 0.1) is 18.1 Å². The molecule has 0 bridgehead atoms. The predicted octanol–water partition coefficient (Wildman–Crippen LogP) is 3.32. The fraction of sp³-hybridized carbons (Fsp3) is 0.304. The van der Waals surface area contributed by atoms with Crippen LogP contribution < -0.4 is 5.32 Å². The van der Waals surface area contributed by atoms with Gasteiger partial charge < -0.3 is 10.1 Å². The molecule has 1 saturated heterocycles. The molecular weight excluding hydrogens is 446 g/mol. The largest absolute Gasteiger partial charge is 0.379 e. The molecule has 0 aliphatic carbocycles. The van der Waals surface area contributed by atoms with E-state index in [1.165, 1.54) is 21.2 Å². The number of aromatic nitrogens is 1. The van der Waals surface area contributed by atoms with Crippen LogP contribution in [0.5, 0.6) is 0 Å². The van der Waals surface area contributed by atoms with Gasteiger partial charge in [-0.2, -0.15) is 4.31 Å². The van der Waals surface area contributed by atoms with Crippen molar-refractivity contribution in [3.8, 4) is 10.6 Å². The number of sulfonamides is 1. The Labute approximate surface area is 192 Å². The van der Waals surface area contributed by atoms with Crippen LogP contribution in [0.2, 0.25) is 0 Å². The lowest BCUT2D eigenvalue weighted by Gasteiger charge is -2.27. The zero-order valence-corrected chi connectivity index (χ0v) is 19.4. The number of hydrogen-bond acceptors (Lipinski definition) is 6. The number of nitrogens with zero attached hydrogens (tertiary/aromatic N) is 2. The molecule has 4 rings (SSSR count). The van der Waals surface area contributed by atoms with Crippen molar-refractivity contribution in [3.05, 3.63) is 70.7 Å². The number of amides is 1. The Morgan fingerprint density at radius 1 is 1.12 bits per heavy atom. The second-order valence-corrected chi connectivity index (χ2v) is 10.2. The van der Waals surface area contributed by atoms with Gasteiger partial charge in [0, 0.05) is 30.6 Å². The maximum Gasteiger partial charge on any atom is 0.271 e. The molecule has 1 aliphatic rings. The van der Waals surface area contributed by atoms with Gasteiger partial charge in [0.25, 0.3) is 5.91 Å². The smallest absolute Gasteiger partial charge is 0.271 e. The van der Waals surface area contributed by atoms with Crippen LogP contribution in [0.1, 0.15) is 28.5 Å². The summed E-state index contributed by atoms with van der Waals surface area (Å²) >= 11 is 1.41. The van der Waals surface area contributed by atoms with Crippen LogP contribution in [0.3, 0.4) is 0 Å². The minimum absolute atomic E-state index is 0.0939. The zero-order valence-electron chi connectivity index (χ0n) is 17.8. The number of thiazole rings is 1. The van der Waals surface area contributed by atoms with E-state index >= 15 is 0 Å². The van der Waals surface area contributed by atoms with Crippen LogP contribution in [0.4, 0.5) is 0 Å². The number of aryl methyl sites for hydroxylation is 1. The molecule has 1 fully saturated rings. The van der Waals surface area contributed by atoms with Gasteiger partial charge in [-0.15, -0.1) is 11.3 Å². The summed E-state index contributed by atoms with van der Waals surface area (Å²) in [5.41, 5.74) is 3.07. The Balaban J connectivity index is 1.46. The number of morpholine rings is 1. The molecule has 0 unspecified atom stereocenters. The minimum atomic E-state index is -3.65. The Morgan fingerprint density at radius 3 is 2.56 bits per heavy atom. The highest BCUT2D eigenvalue weighted by molar-refractivity contribution is 7.89. The van der Waals surface area contributed by atoms with E-state index in [4.69, 9.17) is 4.74 Å². The van der Waals surface area contributed by atoms with Gasteiger partial charge in [-0.05, 0) is 23.6 Å². The number of rotatable bonds is 7. The molecule has 0 radical (unpaired) electrons. The first-order valence-electron chi connectivity index (χ1n) is 10.5. The molecule has 0 saturated carbocycles. The lowest BCUT2D eigenvalue weighted by molar-refractivity contribution is 0.0730. The van der Waals surface area contributed by atoms with Gasteiger partial charge in [0.15, 0.2) is 0 Å². The van der Waals surface area contributed by atoms with Crippen molar-refractivity contribution in [3.63, 3.8) is 0 Å². The van der Waals surface area contributed by atoms with Gasteiger partial charge >= 0.3 is 0 Å². The van der Waals surface area contributed by atoms with Crippen molar-refractivity contribution in [1.82, 2.24) is 14.6 Å². The number of nitrogens with one attached hydrogen (secondary N) is 1. The number of ether oxygens (including phenoxy) is 1. The summed E-state index contributed by atoms with van der Waals surface area (Å²) in [4.78, 5) is 17.3. The number of hydrogen-bond donors (Lipinski definition) is 1. The standard InChI is InChI=1S/C23H25N3O4S2/c1-2-17-7-9-18(10-8-17)23-25-20(16-31-23)22(27)24-15-19-5-3-4-6-21(19)32(28,29)26-11-13-30-14-12-26/h3-10,16H,2,11-15H2,1H3,(H,24,27). The molecule has 2 heterocycles. The molecular formula is C23H25N3O4S2. The van der Waals surface area contributed by atoms with E-state index in [2.05, 4.69) is 29.4 Å². The highest BCUT2D eigenvalue weighted by atomic mass is 32.2. The van der Waals surface area contributed by atoms with E-state index < -0.39 is 10.0 Å². The highest BCUT2D eigenvalue weighted by Crippen LogP contribution is 2.25. The SMILES string of the molecule is CCc1ccc(-c2nc(C(=O)NCc3ccccc3S(=O)(=O)N3CCOCC3)cs2)cc1. The summed E-state index contributed by atoms with van der Waals surface area (Å²) in [5.74, 6) is -0.337.